The largest absolute Gasteiger partial charge is 0.350 e. The third-order valence-corrected chi connectivity index (χ3v) is 4.77. The summed E-state index contributed by atoms with van der Waals surface area (Å²) in [7, 11) is 0. The Morgan fingerprint density at radius 2 is 1.89 bits per heavy atom. The Morgan fingerprint density at radius 1 is 1.21 bits per heavy atom. The number of hydrogen-bond donors (Lipinski definition) is 2. The number of carbonyl (C=O) groups is 2. The average Bonchev–Trinajstić information content (AvgIpc) is 2.67. The van der Waals surface area contributed by atoms with Crippen molar-refractivity contribution in [2.75, 3.05) is 13.1 Å². The SMILES string of the molecule is CC(NC(=O)CC1NCCN(Cc2ccccc2F)C1=O)c1ccccc1.Cl. The van der Waals surface area contributed by atoms with Crippen molar-refractivity contribution in [2.24, 2.45) is 0 Å². The summed E-state index contributed by atoms with van der Waals surface area (Å²) < 4.78 is 13.9. The van der Waals surface area contributed by atoms with E-state index >= 15 is 0 Å². The van der Waals surface area contributed by atoms with E-state index in [1.54, 1.807) is 23.1 Å². The molecule has 5 nitrogen and oxygen atoms in total. The number of amides is 2. The molecule has 0 saturated carbocycles. The van der Waals surface area contributed by atoms with Gasteiger partial charge in [0.05, 0.1) is 18.5 Å². The molecule has 3 rings (SSSR count). The van der Waals surface area contributed by atoms with Crippen molar-refractivity contribution in [2.45, 2.75) is 32.0 Å². The van der Waals surface area contributed by atoms with Crippen molar-refractivity contribution in [1.82, 2.24) is 15.5 Å². The van der Waals surface area contributed by atoms with Gasteiger partial charge in [-0.2, -0.15) is 0 Å². The van der Waals surface area contributed by atoms with E-state index in [0.29, 0.717) is 18.7 Å². The number of rotatable bonds is 6. The van der Waals surface area contributed by atoms with Gasteiger partial charge in [0.15, 0.2) is 0 Å². The number of carbonyl (C=O) groups excluding carboxylic acids is 2. The second-order valence-electron chi connectivity index (χ2n) is 6.76. The first-order valence-corrected chi connectivity index (χ1v) is 9.14. The summed E-state index contributed by atoms with van der Waals surface area (Å²) in [6, 6.07) is 15.4. The van der Waals surface area contributed by atoms with Gasteiger partial charge in [0, 0.05) is 25.2 Å². The maximum Gasteiger partial charge on any atom is 0.240 e. The van der Waals surface area contributed by atoms with Crippen LogP contribution in [0.25, 0.3) is 0 Å². The molecule has 150 valence electrons. The number of halogens is 2. The Morgan fingerprint density at radius 3 is 2.61 bits per heavy atom. The number of nitrogens with zero attached hydrogens (tertiary/aromatic N) is 1. The predicted molar refractivity (Wildman–Crippen MR) is 108 cm³/mol. The first-order valence-electron chi connectivity index (χ1n) is 9.14. The summed E-state index contributed by atoms with van der Waals surface area (Å²) in [5.74, 6) is -0.688. The highest BCUT2D eigenvalue weighted by atomic mass is 35.5. The van der Waals surface area contributed by atoms with Crippen LogP contribution in [0.3, 0.4) is 0 Å². The highest BCUT2D eigenvalue weighted by Crippen LogP contribution is 2.15. The van der Waals surface area contributed by atoms with Crippen LogP contribution in [0.15, 0.2) is 54.6 Å². The van der Waals surface area contributed by atoms with E-state index in [4.69, 9.17) is 0 Å². The highest BCUT2D eigenvalue weighted by Gasteiger charge is 2.30. The Balaban J connectivity index is 0.00000280. The molecule has 1 heterocycles. The second kappa shape index (κ2) is 10.2. The first kappa shape index (κ1) is 21.9. The molecule has 1 aliphatic rings. The van der Waals surface area contributed by atoms with Crippen molar-refractivity contribution in [1.29, 1.82) is 0 Å². The van der Waals surface area contributed by atoms with Gasteiger partial charge in [0.25, 0.3) is 0 Å². The second-order valence-corrected chi connectivity index (χ2v) is 6.76. The van der Waals surface area contributed by atoms with Gasteiger partial charge in [-0.15, -0.1) is 12.4 Å². The molecule has 2 unspecified atom stereocenters. The van der Waals surface area contributed by atoms with E-state index < -0.39 is 6.04 Å². The van der Waals surface area contributed by atoms with E-state index in [-0.39, 0.29) is 49.0 Å². The van der Waals surface area contributed by atoms with E-state index in [0.717, 1.165) is 5.56 Å². The molecular weight excluding hydrogens is 381 g/mol. The minimum absolute atomic E-state index is 0. The molecule has 2 aromatic carbocycles. The van der Waals surface area contributed by atoms with Crippen LogP contribution in [-0.4, -0.2) is 35.8 Å². The van der Waals surface area contributed by atoms with Crippen molar-refractivity contribution in [3.63, 3.8) is 0 Å². The van der Waals surface area contributed by atoms with Gasteiger partial charge in [-0.05, 0) is 18.6 Å². The number of piperazine rings is 1. The monoisotopic (exact) mass is 405 g/mol. The number of benzene rings is 2. The van der Waals surface area contributed by atoms with Crippen molar-refractivity contribution in [3.05, 3.63) is 71.5 Å². The molecule has 2 amide bonds. The molecule has 2 N–H and O–H groups in total. The average molecular weight is 406 g/mol. The van der Waals surface area contributed by atoms with Gasteiger partial charge in [-0.3, -0.25) is 9.59 Å². The van der Waals surface area contributed by atoms with Crippen molar-refractivity contribution < 1.29 is 14.0 Å². The fourth-order valence-corrected chi connectivity index (χ4v) is 3.25. The van der Waals surface area contributed by atoms with Crippen LogP contribution in [0, 0.1) is 5.82 Å². The normalized spacial score (nSPS) is 17.6. The van der Waals surface area contributed by atoms with Crippen molar-refractivity contribution >= 4 is 24.2 Å². The summed E-state index contributed by atoms with van der Waals surface area (Å²) in [6.07, 6.45) is 0.0593. The summed E-state index contributed by atoms with van der Waals surface area (Å²) >= 11 is 0. The van der Waals surface area contributed by atoms with Gasteiger partial charge in [0.1, 0.15) is 5.82 Å². The Bertz CT molecular complexity index is 803. The fourth-order valence-electron chi connectivity index (χ4n) is 3.25. The lowest BCUT2D eigenvalue weighted by Gasteiger charge is -2.33. The van der Waals surface area contributed by atoms with E-state index in [9.17, 15) is 14.0 Å². The highest BCUT2D eigenvalue weighted by molar-refractivity contribution is 5.89. The van der Waals surface area contributed by atoms with Crippen LogP contribution < -0.4 is 10.6 Å². The van der Waals surface area contributed by atoms with Gasteiger partial charge < -0.3 is 15.5 Å². The summed E-state index contributed by atoms with van der Waals surface area (Å²) in [5, 5.41) is 6.03. The Hall–Kier alpha value is -2.44. The van der Waals surface area contributed by atoms with E-state index in [1.807, 2.05) is 37.3 Å². The molecule has 1 saturated heterocycles. The van der Waals surface area contributed by atoms with Crippen LogP contribution in [0.2, 0.25) is 0 Å². The lowest BCUT2D eigenvalue weighted by Crippen LogP contribution is -2.56. The van der Waals surface area contributed by atoms with Gasteiger partial charge >= 0.3 is 0 Å². The zero-order valence-corrected chi connectivity index (χ0v) is 16.5. The molecule has 0 aliphatic carbocycles. The molecule has 0 aromatic heterocycles. The third kappa shape index (κ3) is 5.53. The molecule has 0 radical (unpaired) electrons. The Labute approximate surface area is 170 Å². The third-order valence-electron chi connectivity index (χ3n) is 4.77. The molecule has 2 aromatic rings. The van der Waals surface area contributed by atoms with Crippen LogP contribution in [0.4, 0.5) is 4.39 Å². The number of hydrogen-bond acceptors (Lipinski definition) is 3. The van der Waals surface area contributed by atoms with Crippen LogP contribution in [0.1, 0.15) is 30.5 Å². The Kier molecular flexibility index (Phi) is 7.96. The summed E-state index contributed by atoms with van der Waals surface area (Å²) in [4.78, 5) is 26.7. The van der Waals surface area contributed by atoms with Gasteiger partial charge in [-0.1, -0.05) is 48.5 Å². The topological polar surface area (TPSA) is 61.4 Å². The molecule has 0 bridgehead atoms. The van der Waals surface area contributed by atoms with E-state index in [2.05, 4.69) is 10.6 Å². The maximum atomic E-state index is 13.9. The van der Waals surface area contributed by atoms with Crippen LogP contribution >= 0.6 is 12.4 Å². The molecule has 0 spiro atoms. The maximum absolute atomic E-state index is 13.9. The smallest absolute Gasteiger partial charge is 0.240 e. The summed E-state index contributed by atoms with van der Waals surface area (Å²) in [5.41, 5.74) is 1.49. The molecule has 1 aliphatic heterocycles. The predicted octanol–water partition coefficient (Wildman–Crippen LogP) is 2.82. The molecule has 2 atom stereocenters. The minimum Gasteiger partial charge on any atom is -0.350 e. The van der Waals surface area contributed by atoms with Gasteiger partial charge in [0.2, 0.25) is 11.8 Å². The zero-order valence-electron chi connectivity index (χ0n) is 15.7. The zero-order chi connectivity index (χ0) is 19.2. The lowest BCUT2D eigenvalue weighted by molar-refractivity contribution is -0.139. The van der Waals surface area contributed by atoms with E-state index in [1.165, 1.54) is 6.07 Å². The van der Waals surface area contributed by atoms with Crippen molar-refractivity contribution in [3.8, 4) is 0 Å². The standard InChI is InChI=1S/C21H24FN3O2.ClH/c1-15(16-7-3-2-4-8-16)24-20(26)13-19-21(27)25(12-11-23-19)14-17-9-5-6-10-18(17)22;/h2-10,15,19,23H,11-14H2,1H3,(H,24,26);1H. The first-order chi connectivity index (χ1) is 13.0. The van der Waals surface area contributed by atoms with Crippen LogP contribution in [-0.2, 0) is 16.1 Å². The van der Waals surface area contributed by atoms with Crippen LogP contribution in [0.5, 0.6) is 0 Å². The molecule has 7 heteroatoms. The lowest BCUT2D eigenvalue weighted by atomic mass is 10.1. The molecule has 28 heavy (non-hydrogen) atoms. The summed E-state index contributed by atoms with van der Waals surface area (Å²) in [6.45, 7) is 3.19. The fraction of sp³-hybridized carbons (Fsp3) is 0.333. The quantitative estimate of drug-likeness (QED) is 0.776. The molecule has 1 fully saturated rings. The minimum atomic E-state index is -0.589. The molecular formula is C21H25ClFN3O2. The number of nitrogens with one attached hydrogen (secondary N) is 2. The van der Waals surface area contributed by atoms with Gasteiger partial charge in [-0.25, -0.2) is 4.39 Å².